The van der Waals surface area contributed by atoms with E-state index in [1.165, 1.54) is 5.56 Å². The Labute approximate surface area is 90.3 Å². The topological polar surface area (TPSA) is 29.5 Å². The lowest BCUT2D eigenvalue weighted by Gasteiger charge is -2.17. The van der Waals surface area contributed by atoms with E-state index in [2.05, 4.69) is 12.6 Å². The van der Waals surface area contributed by atoms with E-state index >= 15 is 0 Å². The molecule has 0 bridgehead atoms. The van der Waals surface area contributed by atoms with Gasteiger partial charge in [-0.1, -0.05) is 12.1 Å². The van der Waals surface area contributed by atoms with Crippen molar-refractivity contribution in [1.82, 2.24) is 0 Å². The van der Waals surface area contributed by atoms with Gasteiger partial charge in [-0.25, -0.2) is 0 Å². The molecule has 0 aliphatic heterocycles. The van der Waals surface area contributed by atoms with Crippen LogP contribution in [0.3, 0.4) is 0 Å². The van der Waals surface area contributed by atoms with E-state index in [-0.39, 0.29) is 0 Å². The monoisotopic (exact) mass is 212 g/mol. The zero-order valence-electron chi connectivity index (χ0n) is 8.53. The number of benzene rings is 1. The molecule has 3 heteroatoms. The molecule has 0 saturated heterocycles. The summed E-state index contributed by atoms with van der Waals surface area (Å²) in [5, 5.41) is 9.31. The van der Waals surface area contributed by atoms with E-state index in [9.17, 15) is 5.11 Å². The van der Waals surface area contributed by atoms with Crippen molar-refractivity contribution in [3.63, 3.8) is 0 Å². The molecule has 0 atom stereocenters. The van der Waals surface area contributed by atoms with Crippen LogP contribution in [0.2, 0.25) is 0 Å². The Kier molecular flexibility index (Phi) is 3.98. The Hall–Kier alpha value is -0.510. The lowest BCUT2D eigenvalue weighted by Crippen LogP contribution is -2.24. The van der Waals surface area contributed by atoms with Crippen molar-refractivity contribution in [3.8, 4) is 0 Å². The van der Waals surface area contributed by atoms with Crippen LogP contribution < -0.4 is 0 Å². The molecule has 0 aliphatic rings. The molecule has 2 nitrogen and oxygen atoms in total. The van der Waals surface area contributed by atoms with Gasteiger partial charge in [-0.3, -0.25) is 0 Å². The zero-order valence-corrected chi connectivity index (χ0v) is 9.42. The Morgan fingerprint density at radius 2 is 1.86 bits per heavy atom. The number of ether oxygens (including phenoxy) is 1. The van der Waals surface area contributed by atoms with Crippen molar-refractivity contribution in [2.75, 3.05) is 6.61 Å². The largest absolute Gasteiger partial charge is 0.366 e. The lowest BCUT2D eigenvalue weighted by atomic mass is 10.2. The number of rotatable bonds is 4. The van der Waals surface area contributed by atoms with Crippen LogP contribution in [0, 0.1) is 0 Å². The van der Waals surface area contributed by atoms with Crippen LogP contribution in [0.1, 0.15) is 19.4 Å². The van der Waals surface area contributed by atoms with Gasteiger partial charge in [0.2, 0.25) is 0 Å². The van der Waals surface area contributed by atoms with Gasteiger partial charge in [-0.05, 0) is 38.0 Å². The van der Waals surface area contributed by atoms with E-state index in [0.717, 1.165) is 11.3 Å². The van der Waals surface area contributed by atoms with E-state index < -0.39 is 5.79 Å². The first-order chi connectivity index (χ1) is 6.47. The van der Waals surface area contributed by atoms with E-state index in [1.807, 2.05) is 24.3 Å². The maximum absolute atomic E-state index is 9.31. The lowest BCUT2D eigenvalue weighted by molar-refractivity contribution is -0.175. The predicted octanol–water partition coefficient (Wildman–Crippen LogP) is 2.26. The molecule has 0 fully saturated rings. The molecule has 78 valence electrons. The molecule has 0 spiro atoms. The summed E-state index contributed by atoms with van der Waals surface area (Å²) in [7, 11) is 0. The van der Waals surface area contributed by atoms with Gasteiger partial charge in [-0.2, -0.15) is 0 Å². The molecule has 0 saturated carbocycles. The number of hydrogen-bond donors (Lipinski definition) is 2. The molecule has 0 unspecified atom stereocenters. The summed E-state index contributed by atoms with van der Waals surface area (Å²) in [6.07, 6.45) is 0.804. The predicted molar refractivity (Wildman–Crippen MR) is 59.6 cm³/mol. The maximum atomic E-state index is 9.31. The second-order valence-electron chi connectivity index (χ2n) is 3.71. The summed E-state index contributed by atoms with van der Waals surface area (Å²) in [4.78, 5) is 0.956. The highest BCUT2D eigenvalue weighted by atomic mass is 32.1. The van der Waals surface area contributed by atoms with Crippen molar-refractivity contribution < 1.29 is 9.84 Å². The molecule has 0 aliphatic carbocycles. The summed E-state index contributed by atoms with van der Waals surface area (Å²) in [6.45, 7) is 3.78. The normalized spacial score (nSPS) is 11.7. The van der Waals surface area contributed by atoms with Crippen LogP contribution in [-0.2, 0) is 11.2 Å². The molecule has 0 radical (unpaired) electrons. The summed E-state index contributed by atoms with van der Waals surface area (Å²) in [5.41, 5.74) is 1.19. The fraction of sp³-hybridized carbons (Fsp3) is 0.455. The third-order valence-corrected chi connectivity index (χ3v) is 2.08. The first-order valence-electron chi connectivity index (χ1n) is 4.61. The molecule has 1 aromatic carbocycles. The van der Waals surface area contributed by atoms with Gasteiger partial charge < -0.3 is 9.84 Å². The van der Waals surface area contributed by atoms with Gasteiger partial charge in [0.15, 0.2) is 5.79 Å². The third-order valence-electron chi connectivity index (χ3n) is 1.78. The number of thiol groups is 1. The quantitative estimate of drug-likeness (QED) is 0.592. The minimum absolute atomic E-state index is 0.523. The van der Waals surface area contributed by atoms with Gasteiger partial charge in [0.1, 0.15) is 0 Å². The van der Waals surface area contributed by atoms with E-state index in [0.29, 0.717) is 6.61 Å². The van der Waals surface area contributed by atoms with Crippen LogP contribution in [-0.4, -0.2) is 17.5 Å². The highest BCUT2D eigenvalue weighted by Crippen LogP contribution is 2.10. The Morgan fingerprint density at radius 3 is 2.36 bits per heavy atom. The first-order valence-corrected chi connectivity index (χ1v) is 5.06. The van der Waals surface area contributed by atoms with Crippen LogP contribution in [0.15, 0.2) is 29.2 Å². The molecular weight excluding hydrogens is 196 g/mol. The molecule has 1 rings (SSSR count). The fourth-order valence-corrected chi connectivity index (χ4v) is 1.23. The highest BCUT2D eigenvalue weighted by Gasteiger charge is 2.11. The highest BCUT2D eigenvalue weighted by molar-refractivity contribution is 7.80. The van der Waals surface area contributed by atoms with Crippen molar-refractivity contribution in [1.29, 1.82) is 0 Å². The van der Waals surface area contributed by atoms with Gasteiger partial charge in [0.05, 0.1) is 6.61 Å². The summed E-state index contributed by atoms with van der Waals surface area (Å²) < 4.78 is 5.20. The van der Waals surface area contributed by atoms with Crippen molar-refractivity contribution in [2.45, 2.75) is 31.0 Å². The third kappa shape index (κ3) is 4.65. The smallest absolute Gasteiger partial charge is 0.159 e. The molecule has 0 aromatic heterocycles. The summed E-state index contributed by atoms with van der Waals surface area (Å²) in [6, 6.07) is 7.91. The first kappa shape index (κ1) is 11.6. The maximum Gasteiger partial charge on any atom is 0.159 e. The van der Waals surface area contributed by atoms with Crippen LogP contribution in [0.5, 0.6) is 0 Å². The average Bonchev–Trinajstić information content (AvgIpc) is 2.06. The van der Waals surface area contributed by atoms with Gasteiger partial charge in [-0.15, -0.1) is 12.6 Å². The zero-order chi connectivity index (χ0) is 10.6. The number of aliphatic hydroxyl groups is 1. The summed E-state index contributed by atoms with van der Waals surface area (Å²) in [5.74, 6) is -1.04. The minimum Gasteiger partial charge on any atom is -0.366 e. The van der Waals surface area contributed by atoms with E-state index in [1.54, 1.807) is 13.8 Å². The van der Waals surface area contributed by atoms with Crippen molar-refractivity contribution in [3.05, 3.63) is 29.8 Å². The molecule has 0 amide bonds. The van der Waals surface area contributed by atoms with Crippen molar-refractivity contribution >= 4 is 12.6 Å². The van der Waals surface area contributed by atoms with Crippen LogP contribution in [0.25, 0.3) is 0 Å². The summed E-state index contributed by atoms with van der Waals surface area (Å²) >= 11 is 4.20. The second kappa shape index (κ2) is 4.82. The van der Waals surface area contributed by atoms with Gasteiger partial charge >= 0.3 is 0 Å². The molecule has 1 aromatic rings. The Balaban J connectivity index is 2.35. The van der Waals surface area contributed by atoms with Crippen molar-refractivity contribution in [2.24, 2.45) is 0 Å². The SMILES string of the molecule is CC(C)(O)OCCc1ccc(S)cc1. The standard InChI is InChI=1S/C11H16O2S/c1-11(2,12)13-8-7-9-3-5-10(14)6-4-9/h3-6,12,14H,7-8H2,1-2H3. The Morgan fingerprint density at radius 1 is 1.29 bits per heavy atom. The minimum atomic E-state index is -1.04. The Bertz CT molecular complexity index is 274. The fourth-order valence-electron chi connectivity index (χ4n) is 1.08. The molecule has 0 heterocycles. The van der Waals surface area contributed by atoms with Crippen LogP contribution >= 0.6 is 12.6 Å². The van der Waals surface area contributed by atoms with Crippen LogP contribution in [0.4, 0.5) is 0 Å². The van der Waals surface area contributed by atoms with Gasteiger partial charge in [0.25, 0.3) is 0 Å². The van der Waals surface area contributed by atoms with Gasteiger partial charge in [0, 0.05) is 4.90 Å². The second-order valence-corrected chi connectivity index (χ2v) is 4.23. The van der Waals surface area contributed by atoms with E-state index in [4.69, 9.17) is 4.74 Å². The average molecular weight is 212 g/mol. The molecule has 14 heavy (non-hydrogen) atoms. The number of hydrogen-bond acceptors (Lipinski definition) is 3. The molecule has 1 N–H and O–H groups in total. The molecular formula is C11H16O2S.